The van der Waals surface area contributed by atoms with Crippen molar-refractivity contribution in [2.75, 3.05) is 5.32 Å². The molecule has 0 aromatic carbocycles. The second-order valence-corrected chi connectivity index (χ2v) is 7.02. The first-order chi connectivity index (χ1) is 13.7. The van der Waals surface area contributed by atoms with Gasteiger partial charge in [0.15, 0.2) is 17.0 Å². The molecule has 0 bridgehead atoms. The number of aliphatic hydroxyl groups excluding tert-OH is 1. The van der Waals surface area contributed by atoms with Crippen LogP contribution >= 0.6 is 0 Å². The summed E-state index contributed by atoms with van der Waals surface area (Å²) < 4.78 is 3.35. The maximum absolute atomic E-state index is 9.70. The third kappa shape index (κ3) is 3.07. The SMILES string of the molecule is Cn1cc(-c2ccc(-n3nnc4cnc(NC5CCC(O)C5)nc43)nc2)cn1. The van der Waals surface area contributed by atoms with E-state index in [1.165, 1.54) is 0 Å². The van der Waals surface area contributed by atoms with Gasteiger partial charge in [0.25, 0.3) is 0 Å². The van der Waals surface area contributed by atoms with E-state index in [0.717, 1.165) is 24.0 Å². The second-order valence-electron chi connectivity index (χ2n) is 7.02. The van der Waals surface area contributed by atoms with Crippen LogP contribution in [0.1, 0.15) is 19.3 Å². The molecule has 0 spiro atoms. The van der Waals surface area contributed by atoms with Crippen LogP contribution in [0.5, 0.6) is 0 Å². The Morgan fingerprint density at radius 2 is 2.04 bits per heavy atom. The maximum atomic E-state index is 9.70. The lowest BCUT2D eigenvalue weighted by molar-refractivity contribution is 0.182. The minimum atomic E-state index is -0.254. The van der Waals surface area contributed by atoms with Gasteiger partial charge in [-0.15, -0.1) is 5.10 Å². The van der Waals surface area contributed by atoms with Gasteiger partial charge in [0.1, 0.15) is 0 Å². The largest absolute Gasteiger partial charge is 0.393 e. The van der Waals surface area contributed by atoms with Crippen molar-refractivity contribution in [3.05, 3.63) is 36.9 Å². The fourth-order valence-corrected chi connectivity index (χ4v) is 3.48. The molecule has 2 unspecified atom stereocenters. The number of aryl methyl sites for hydroxylation is 1. The Hall–Kier alpha value is -3.40. The Morgan fingerprint density at radius 1 is 1.11 bits per heavy atom. The summed E-state index contributed by atoms with van der Waals surface area (Å²) in [6, 6.07) is 4.01. The average Bonchev–Trinajstić information content (AvgIpc) is 3.42. The molecule has 4 aromatic heterocycles. The zero-order valence-corrected chi connectivity index (χ0v) is 15.3. The van der Waals surface area contributed by atoms with Crippen LogP contribution in [-0.2, 0) is 7.05 Å². The van der Waals surface area contributed by atoms with Gasteiger partial charge in [-0.05, 0) is 31.4 Å². The number of nitrogens with zero attached hydrogens (tertiary/aromatic N) is 8. The van der Waals surface area contributed by atoms with E-state index >= 15 is 0 Å². The van der Waals surface area contributed by atoms with Crippen LogP contribution in [0.3, 0.4) is 0 Å². The molecule has 0 aliphatic heterocycles. The predicted molar refractivity (Wildman–Crippen MR) is 102 cm³/mol. The van der Waals surface area contributed by atoms with Gasteiger partial charge in [0.2, 0.25) is 5.95 Å². The summed E-state index contributed by atoms with van der Waals surface area (Å²) in [5.74, 6) is 1.12. The first-order valence-electron chi connectivity index (χ1n) is 9.14. The van der Waals surface area contributed by atoms with E-state index in [1.807, 2.05) is 25.4 Å². The smallest absolute Gasteiger partial charge is 0.225 e. The fourth-order valence-electron chi connectivity index (χ4n) is 3.48. The van der Waals surface area contributed by atoms with Crippen molar-refractivity contribution in [2.45, 2.75) is 31.4 Å². The topological polar surface area (TPSA) is 119 Å². The van der Waals surface area contributed by atoms with E-state index in [4.69, 9.17) is 0 Å². The van der Waals surface area contributed by atoms with E-state index < -0.39 is 0 Å². The van der Waals surface area contributed by atoms with Gasteiger partial charge in [-0.25, -0.2) is 9.97 Å². The lowest BCUT2D eigenvalue weighted by atomic mass is 10.2. The highest BCUT2D eigenvalue weighted by atomic mass is 16.3. The van der Waals surface area contributed by atoms with Gasteiger partial charge in [0, 0.05) is 36.6 Å². The van der Waals surface area contributed by atoms with E-state index in [-0.39, 0.29) is 12.1 Å². The third-order valence-electron chi connectivity index (χ3n) is 4.93. The number of hydrogen-bond donors (Lipinski definition) is 2. The van der Waals surface area contributed by atoms with Crippen LogP contribution < -0.4 is 5.32 Å². The molecule has 142 valence electrons. The lowest BCUT2D eigenvalue weighted by Gasteiger charge is -2.11. The van der Waals surface area contributed by atoms with Crippen molar-refractivity contribution in [1.29, 1.82) is 0 Å². The summed E-state index contributed by atoms with van der Waals surface area (Å²) in [6.07, 6.45) is 9.31. The van der Waals surface area contributed by atoms with Crippen LogP contribution in [0, 0.1) is 0 Å². The van der Waals surface area contributed by atoms with E-state index in [0.29, 0.717) is 29.4 Å². The highest BCUT2D eigenvalue weighted by Crippen LogP contribution is 2.23. The van der Waals surface area contributed by atoms with Crippen LogP contribution in [0.15, 0.2) is 36.9 Å². The molecule has 1 saturated carbocycles. The second kappa shape index (κ2) is 6.64. The number of aromatic nitrogens is 8. The minimum absolute atomic E-state index is 0.175. The molecule has 1 aliphatic carbocycles. The third-order valence-corrected chi connectivity index (χ3v) is 4.93. The zero-order valence-electron chi connectivity index (χ0n) is 15.3. The molecule has 2 atom stereocenters. The summed E-state index contributed by atoms with van der Waals surface area (Å²) in [4.78, 5) is 13.4. The Kier molecular flexibility index (Phi) is 3.97. The first kappa shape index (κ1) is 16.8. The maximum Gasteiger partial charge on any atom is 0.225 e. The van der Waals surface area contributed by atoms with Crippen molar-refractivity contribution in [1.82, 2.24) is 39.7 Å². The van der Waals surface area contributed by atoms with Crippen molar-refractivity contribution in [3.63, 3.8) is 0 Å². The van der Waals surface area contributed by atoms with Crippen LogP contribution in [0.25, 0.3) is 28.1 Å². The molecule has 0 amide bonds. The molecular formula is C18H19N9O. The summed E-state index contributed by atoms with van der Waals surface area (Å²) in [6.45, 7) is 0. The first-order valence-corrected chi connectivity index (χ1v) is 9.14. The molecule has 4 aromatic rings. The van der Waals surface area contributed by atoms with Gasteiger partial charge in [0.05, 0.1) is 18.5 Å². The number of fused-ring (bicyclic) bond motifs is 1. The highest BCUT2D eigenvalue weighted by molar-refractivity contribution is 5.72. The molecule has 10 heteroatoms. The summed E-state index contributed by atoms with van der Waals surface area (Å²) >= 11 is 0. The van der Waals surface area contributed by atoms with Gasteiger partial charge >= 0.3 is 0 Å². The molecular weight excluding hydrogens is 358 g/mol. The average molecular weight is 377 g/mol. The van der Waals surface area contributed by atoms with Crippen molar-refractivity contribution in [2.24, 2.45) is 7.05 Å². The predicted octanol–water partition coefficient (Wildman–Crippen LogP) is 1.33. The van der Waals surface area contributed by atoms with E-state index in [2.05, 4.69) is 35.7 Å². The van der Waals surface area contributed by atoms with E-state index in [9.17, 15) is 5.11 Å². The molecule has 28 heavy (non-hydrogen) atoms. The van der Waals surface area contributed by atoms with Crippen LogP contribution in [0.2, 0.25) is 0 Å². The van der Waals surface area contributed by atoms with Crippen molar-refractivity contribution >= 4 is 17.1 Å². The fraction of sp³-hybridized carbons (Fsp3) is 0.333. The molecule has 1 fully saturated rings. The van der Waals surface area contributed by atoms with Crippen LogP contribution in [-0.4, -0.2) is 57.0 Å². The van der Waals surface area contributed by atoms with Gasteiger partial charge in [-0.3, -0.25) is 4.68 Å². The Bertz CT molecular complexity index is 1120. The molecule has 10 nitrogen and oxygen atoms in total. The standard InChI is InChI=1S/C18H19N9O/c1-26-10-12(8-21-26)11-2-5-16(19-7-11)27-17-15(24-25-27)9-20-18(23-17)22-13-3-4-14(28)6-13/h2,5,7-10,13-14,28H,3-4,6H2,1H3,(H,20,22,23). The number of nitrogens with one attached hydrogen (secondary N) is 1. The normalized spacial score (nSPS) is 19.4. The summed E-state index contributed by atoms with van der Waals surface area (Å²) in [5, 5.41) is 25.5. The number of aliphatic hydroxyl groups is 1. The Morgan fingerprint density at radius 3 is 2.75 bits per heavy atom. The van der Waals surface area contributed by atoms with Gasteiger partial charge < -0.3 is 10.4 Å². The molecule has 5 rings (SSSR count). The van der Waals surface area contributed by atoms with Crippen molar-refractivity contribution < 1.29 is 5.11 Å². The summed E-state index contributed by atoms with van der Waals surface area (Å²) in [7, 11) is 1.88. The quantitative estimate of drug-likeness (QED) is 0.547. The zero-order chi connectivity index (χ0) is 19.1. The Balaban J connectivity index is 1.44. The summed E-state index contributed by atoms with van der Waals surface area (Å²) in [5.41, 5.74) is 3.14. The molecule has 0 saturated heterocycles. The molecule has 1 aliphatic rings. The number of anilines is 1. The number of hydrogen-bond acceptors (Lipinski definition) is 8. The van der Waals surface area contributed by atoms with Crippen LogP contribution in [0.4, 0.5) is 5.95 Å². The van der Waals surface area contributed by atoms with E-state index in [1.54, 1.807) is 28.0 Å². The van der Waals surface area contributed by atoms with Gasteiger partial charge in [-0.2, -0.15) is 14.8 Å². The van der Waals surface area contributed by atoms with Gasteiger partial charge in [-0.1, -0.05) is 5.21 Å². The highest BCUT2D eigenvalue weighted by Gasteiger charge is 2.23. The van der Waals surface area contributed by atoms with Crippen molar-refractivity contribution in [3.8, 4) is 16.9 Å². The molecule has 4 heterocycles. The monoisotopic (exact) mass is 377 g/mol. The minimum Gasteiger partial charge on any atom is -0.393 e. The molecule has 2 N–H and O–H groups in total. The lowest BCUT2D eigenvalue weighted by Crippen LogP contribution is -2.18. The number of pyridine rings is 1. The Labute approximate surface area is 160 Å². The number of rotatable bonds is 4. The molecule has 0 radical (unpaired) electrons.